The first-order chi connectivity index (χ1) is 9.15. The van der Waals surface area contributed by atoms with Crippen molar-refractivity contribution >= 4 is 15.9 Å². The van der Waals surface area contributed by atoms with Gasteiger partial charge < -0.3 is 19.9 Å². The fourth-order valence-electron chi connectivity index (χ4n) is 1.81. The molecular formula is C14H22BrNO3. The summed E-state index contributed by atoms with van der Waals surface area (Å²) in [4.78, 5) is 0. The number of nitrogens with one attached hydrogen (secondary N) is 1. The summed E-state index contributed by atoms with van der Waals surface area (Å²) in [5.74, 6) is 1.47. The van der Waals surface area contributed by atoms with Crippen LogP contribution >= 0.6 is 15.9 Å². The number of hydrogen-bond acceptors (Lipinski definition) is 4. The number of aliphatic hydroxyl groups excluding tert-OH is 1. The molecule has 0 spiro atoms. The fraction of sp³-hybridized carbons (Fsp3) is 0.571. The van der Waals surface area contributed by atoms with Gasteiger partial charge >= 0.3 is 0 Å². The van der Waals surface area contributed by atoms with Gasteiger partial charge in [-0.2, -0.15) is 0 Å². The molecule has 108 valence electrons. The van der Waals surface area contributed by atoms with Crippen molar-refractivity contribution in [3.05, 3.63) is 22.2 Å². The number of halogens is 1. The van der Waals surface area contributed by atoms with Crippen LogP contribution in [0.3, 0.4) is 0 Å². The Bertz CT molecular complexity index is 395. The van der Waals surface area contributed by atoms with Crippen LogP contribution in [-0.2, 0) is 6.54 Å². The Morgan fingerprint density at radius 1 is 1.37 bits per heavy atom. The van der Waals surface area contributed by atoms with Gasteiger partial charge in [0.05, 0.1) is 20.3 Å². The zero-order chi connectivity index (χ0) is 14.3. The lowest BCUT2D eigenvalue weighted by atomic mass is 10.1. The first kappa shape index (κ1) is 16.3. The smallest absolute Gasteiger partial charge is 0.165 e. The van der Waals surface area contributed by atoms with E-state index in [9.17, 15) is 5.11 Å². The van der Waals surface area contributed by atoms with Crippen LogP contribution in [0.15, 0.2) is 16.6 Å². The van der Waals surface area contributed by atoms with E-state index in [1.54, 1.807) is 7.11 Å². The number of benzene rings is 1. The second-order valence-electron chi connectivity index (χ2n) is 4.20. The summed E-state index contributed by atoms with van der Waals surface area (Å²) in [6, 6.07) is 3.99. The molecule has 1 rings (SSSR count). The van der Waals surface area contributed by atoms with E-state index in [0.717, 1.165) is 22.2 Å². The van der Waals surface area contributed by atoms with Crippen LogP contribution in [0, 0.1) is 0 Å². The van der Waals surface area contributed by atoms with Gasteiger partial charge in [0.25, 0.3) is 0 Å². The Labute approximate surface area is 123 Å². The van der Waals surface area contributed by atoms with Crippen molar-refractivity contribution < 1.29 is 14.6 Å². The summed E-state index contributed by atoms with van der Waals surface area (Å²) in [5.41, 5.74) is 1.01. The molecule has 5 heteroatoms. The first-order valence-corrected chi connectivity index (χ1v) is 7.28. The molecule has 0 saturated heterocycles. The average molecular weight is 332 g/mol. The predicted molar refractivity (Wildman–Crippen MR) is 79.9 cm³/mol. The van der Waals surface area contributed by atoms with Crippen molar-refractivity contribution in [2.45, 2.75) is 32.9 Å². The van der Waals surface area contributed by atoms with Crippen molar-refractivity contribution in [3.63, 3.8) is 0 Å². The fourth-order valence-corrected chi connectivity index (χ4v) is 2.29. The topological polar surface area (TPSA) is 50.7 Å². The molecule has 0 aromatic heterocycles. The highest BCUT2D eigenvalue weighted by atomic mass is 79.9. The maximum absolute atomic E-state index is 9.20. The van der Waals surface area contributed by atoms with Crippen molar-refractivity contribution in [1.82, 2.24) is 5.32 Å². The van der Waals surface area contributed by atoms with E-state index in [1.807, 2.05) is 26.0 Å². The highest BCUT2D eigenvalue weighted by Crippen LogP contribution is 2.34. The van der Waals surface area contributed by atoms with Gasteiger partial charge in [-0.1, -0.05) is 22.9 Å². The van der Waals surface area contributed by atoms with Gasteiger partial charge in [-0.15, -0.1) is 0 Å². The molecule has 0 saturated carbocycles. The van der Waals surface area contributed by atoms with Crippen molar-refractivity contribution in [2.75, 3.05) is 20.3 Å². The van der Waals surface area contributed by atoms with Gasteiger partial charge in [-0.25, -0.2) is 0 Å². The Kier molecular flexibility index (Phi) is 7.20. The molecule has 19 heavy (non-hydrogen) atoms. The minimum atomic E-state index is 0.0967. The number of hydrogen-bond donors (Lipinski definition) is 2. The molecule has 1 aromatic carbocycles. The lowest BCUT2D eigenvalue weighted by Gasteiger charge is -2.18. The summed E-state index contributed by atoms with van der Waals surface area (Å²) in [6.07, 6.45) is 0.881. The predicted octanol–water partition coefficient (Wildman–Crippen LogP) is 2.72. The summed E-state index contributed by atoms with van der Waals surface area (Å²) >= 11 is 3.47. The second kappa shape index (κ2) is 8.40. The molecule has 1 atom stereocenters. The minimum Gasteiger partial charge on any atom is -0.493 e. The van der Waals surface area contributed by atoms with Crippen LogP contribution < -0.4 is 14.8 Å². The Balaban J connectivity index is 2.93. The first-order valence-electron chi connectivity index (χ1n) is 6.49. The summed E-state index contributed by atoms with van der Waals surface area (Å²) in [6.45, 7) is 5.33. The molecule has 4 nitrogen and oxygen atoms in total. The van der Waals surface area contributed by atoms with Crippen LogP contribution in [0.5, 0.6) is 11.5 Å². The second-order valence-corrected chi connectivity index (χ2v) is 5.11. The number of ether oxygens (including phenoxy) is 2. The van der Waals surface area contributed by atoms with Gasteiger partial charge in [0.2, 0.25) is 0 Å². The zero-order valence-corrected chi connectivity index (χ0v) is 13.3. The molecule has 0 fully saturated rings. The number of methoxy groups -OCH3 is 1. The third kappa shape index (κ3) is 4.67. The maximum atomic E-state index is 9.20. The van der Waals surface area contributed by atoms with E-state index < -0.39 is 0 Å². The van der Waals surface area contributed by atoms with Crippen LogP contribution in [0.25, 0.3) is 0 Å². The summed E-state index contributed by atoms with van der Waals surface area (Å²) in [5, 5.41) is 12.5. The van der Waals surface area contributed by atoms with Crippen LogP contribution in [-0.4, -0.2) is 31.5 Å². The number of rotatable bonds is 8. The normalized spacial score (nSPS) is 12.3. The SMILES string of the molecule is CCOc1c(CN[C@H](CC)CO)cc(Br)cc1OC. The zero-order valence-electron chi connectivity index (χ0n) is 11.7. The Morgan fingerprint density at radius 2 is 2.11 bits per heavy atom. The molecule has 0 aliphatic heterocycles. The summed E-state index contributed by atoms with van der Waals surface area (Å²) < 4.78 is 12.0. The van der Waals surface area contributed by atoms with E-state index in [1.165, 1.54) is 0 Å². The molecule has 1 aromatic rings. The summed E-state index contributed by atoms with van der Waals surface area (Å²) in [7, 11) is 1.63. The highest BCUT2D eigenvalue weighted by Gasteiger charge is 2.13. The van der Waals surface area contributed by atoms with Gasteiger partial charge in [0.1, 0.15) is 0 Å². The van der Waals surface area contributed by atoms with Gasteiger partial charge in [-0.3, -0.25) is 0 Å². The molecular weight excluding hydrogens is 310 g/mol. The standard InChI is InChI=1S/C14H22BrNO3/c1-4-12(9-17)16-8-10-6-11(15)7-13(18-3)14(10)19-5-2/h6-7,12,16-17H,4-5,8-9H2,1-3H3/t12-/m1/s1. The van der Waals surface area contributed by atoms with Gasteiger partial charge in [0, 0.05) is 22.6 Å². The molecule has 0 bridgehead atoms. The van der Waals surface area contributed by atoms with Crippen LogP contribution in [0.2, 0.25) is 0 Å². The monoisotopic (exact) mass is 331 g/mol. The Hall–Kier alpha value is -0.780. The number of aliphatic hydroxyl groups is 1. The average Bonchev–Trinajstić information content (AvgIpc) is 2.42. The van der Waals surface area contributed by atoms with E-state index in [-0.39, 0.29) is 12.6 Å². The van der Waals surface area contributed by atoms with E-state index >= 15 is 0 Å². The molecule has 0 aliphatic rings. The lowest BCUT2D eigenvalue weighted by Crippen LogP contribution is -2.31. The molecule has 0 aliphatic carbocycles. The Morgan fingerprint density at radius 3 is 2.63 bits per heavy atom. The third-order valence-electron chi connectivity index (χ3n) is 2.90. The van der Waals surface area contributed by atoms with E-state index in [0.29, 0.717) is 18.9 Å². The molecule has 2 N–H and O–H groups in total. The van der Waals surface area contributed by atoms with Gasteiger partial charge in [0.15, 0.2) is 11.5 Å². The van der Waals surface area contributed by atoms with Crippen molar-refractivity contribution in [2.24, 2.45) is 0 Å². The quantitative estimate of drug-likeness (QED) is 0.769. The molecule has 0 unspecified atom stereocenters. The van der Waals surface area contributed by atoms with Crippen LogP contribution in [0.4, 0.5) is 0 Å². The van der Waals surface area contributed by atoms with E-state index in [4.69, 9.17) is 9.47 Å². The largest absolute Gasteiger partial charge is 0.493 e. The molecule has 0 heterocycles. The van der Waals surface area contributed by atoms with Gasteiger partial charge in [-0.05, 0) is 25.5 Å². The molecule has 0 radical (unpaired) electrons. The van der Waals surface area contributed by atoms with E-state index in [2.05, 4.69) is 21.2 Å². The van der Waals surface area contributed by atoms with Crippen molar-refractivity contribution in [1.29, 1.82) is 0 Å². The maximum Gasteiger partial charge on any atom is 0.165 e. The van der Waals surface area contributed by atoms with Crippen molar-refractivity contribution in [3.8, 4) is 11.5 Å². The third-order valence-corrected chi connectivity index (χ3v) is 3.36. The van der Waals surface area contributed by atoms with Crippen LogP contribution in [0.1, 0.15) is 25.8 Å². The lowest BCUT2D eigenvalue weighted by molar-refractivity contribution is 0.237. The highest BCUT2D eigenvalue weighted by molar-refractivity contribution is 9.10. The molecule has 0 amide bonds. The minimum absolute atomic E-state index is 0.0967.